The molecule has 0 aliphatic carbocycles. The number of hydrogen-bond acceptors (Lipinski definition) is 3. The summed E-state index contributed by atoms with van der Waals surface area (Å²) in [5, 5.41) is 0. The lowest BCUT2D eigenvalue weighted by atomic mass is 10.1. The van der Waals surface area contributed by atoms with Gasteiger partial charge in [-0.25, -0.2) is 4.79 Å². The number of carbonyl (C=O) groups is 1. The molecule has 0 spiro atoms. The maximum Gasteiger partial charge on any atom is 0.341 e. The van der Waals surface area contributed by atoms with Crippen molar-refractivity contribution in [1.29, 1.82) is 0 Å². The molecular weight excluding hydrogens is 204 g/mol. The monoisotopic (exact) mass is 218 g/mol. The molecule has 84 valence electrons. The number of esters is 1. The number of hydrogen-bond donors (Lipinski definition) is 0. The maximum absolute atomic E-state index is 11.7. The highest BCUT2D eigenvalue weighted by molar-refractivity contribution is 5.93. The molecule has 2 rings (SSSR count). The van der Waals surface area contributed by atoms with Crippen LogP contribution in [-0.4, -0.2) is 19.2 Å². The van der Waals surface area contributed by atoms with Crippen LogP contribution in [0.4, 0.5) is 0 Å². The van der Waals surface area contributed by atoms with E-state index < -0.39 is 0 Å². The molecule has 0 saturated heterocycles. The zero-order valence-corrected chi connectivity index (χ0v) is 9.23. The van der Waals surface area contributed by atoms with Crippen LogP contribution < -0.4 is 4.74 Å². The topological polar surface area (TPSA) is 35.5 Å². The van der Waals surface area contributed by atoms with Crippen molar-refractivity contribution in [2.24, 2.45) is 0 Å². The van der Waals surface area contributed by atoms with Crippen LogP contribution in [0.2, 0.25) is 0 Å². The number of carbonyl (C=O) groups excluding carboxylic acids is 1. The van der Waals surface area contributed by atoms with Crippen molar-refractivity contribution in [2.45, 2.75) is 13.3 Å². The van der Waals surface area contributed by atoms with Gasteiger partial charge >= 0.3 is 5.97 Å². The van der Waals surface area contributed by atoms with E-state index in [-0.39, 0.29) is 5.97 Å². The predicted octanol–water partition coefficient (Wildman–Crippen LogP) is 2.35. The summed E-state index contributed by atoms with van der Waals surface area (Å²) in [4.78, 5) is 11.7. The Bertz CT molecular complexity index is 421. The molecule has 3 heteroatoms. The van der Waals surface area contributed by atoms with Crippen LogP contribution in [0, 0.1) is 0 Å². The first-order valence-electron chi connectivity index (χ1n) is 5.39. The van der Waals surface area contributed by atoms with Crippen molar-refractivity contribution in [3.8, 4) is 5.75 Å². The smallest absolute Gasteiger partial charge is 0.341 e. The van der Waals surface area contributed by atoms with Crippen LogP contribution >= 0.6 is 0 Å². The molecule has 1 aromatic carbocycles. The van der Waals surface area contributed by atoms with Crippen molar-refractivity contribution in [3.63, 3.8) is 0 Å². The SMILES string of the molecule is CCOC(=O)c1cccc2c1OCC=CC2. The van der Waals surface area contributed by atoms with Crippen molar-refractivity contribution >= 4 is 5.97 Å². The molecule has 0 N–H and O–H groups in total. The second-order valence-electron chi connectivity index (χ2n) is 3.50. The number of para-hydroxylation sites is 1. The first-order valence-corrected chi connectivity index (χ1v) is 5.39. The average Bonchev–Trinajstić information content (AvgIpc) is 2.53. The molecule has 0 saturated carbocycles. The van der Waals surface area contributed by atoms with Gasteiger partial charge in [0, 0.05) is 0 Å². The molecule has 1 aliphatic heterocycles. The molecule has 1 aliphatic rings. The number of allylic oxidation sites excluding steroid dienone is 1. The van der Waals surface area contributed by atoms with E-state index >= 15 is 0 Å². The van der Waals surface area contributed by atoms with Crippen LogP contribution in [0.15, 0.2) is 30.4 Å². The van der Waals surface area contributed by atoms with E-state index in [4.69, 9.17) is 9.47 Å². The van der Waals surface area contributed by atoms with Crippen LogP contribution in [0.3, 0.4) is 0 Å². The Labute approximate surface area is 94.7 Å². The molecule has 0 unspecified atom stereocenters. The fourth-order valence-electron chi connectivity index (χ4n) is 1.70. The van der Waals surface area contributed by atoms with Gasteiger partial charge in [-0.05, 0) is 25.0 Å². The molecule has 1 aromatic rings. The number of ether oxygens (including phenoxy) is 2. The molecule has 0 fully saturated rings. The van der Waals surface area contributed by atoms with Gasteiger partial charge in [0.1, 0.15) is 17.9 Å². The van der Waals surface area contributed by atoms with Crippen LogP contribution in [0.1, 0.15) is 22.8 Å². The van der Waals surface area contributed by atoms with Crippen molar-refractivity contribution in [1.82, 2.24) is 0 Å². The molecule has 0 aromatic heterocycles. The molecular formula is C13H14O3. The van der Waals surface area contributed by atoms with Gasteiger partial charge in [-0.3, -0.25) is 0 Å². The molecule has 0 radical (unpaired) electrons. The van der Waals surface area contributed by atoms with Crippen LogP contribution in [0.25, 0.3) is 0 Å². The Morgan fingerprint density at radius 3 is 3.12 bits per heavy atom. The summed E-state index contributed by atoms with van der Waals surface area (Å²) < 4.78 is 10.6. The van der Waals surface area contributed by atoms with Gasteiger partial charge in [-0.15, -0.1) is 0 Å². The quantitative estimate of drug-likeness (QED) is 0.564. The van der Waals surface area contributed by atoms with Gasteiger partial charge in [0.15, 0.2) is 0 Å². The number of rotatable bonds is 2. The fraction of sp³-hybridized carbons (Fsp3) is 0.308. The van der Waals surface area contributed by atoms with Crippen molar-refractivity contribution in [2.75, 3.05) is 13.2 Å². The van der Waals surface area contributed by atoms with Crippen molar-refractivity contribution in [3.05, 3.63) is 41.5 Å². The first-order chi connectivity index (χ1) is 7.83. The summed E-state index contributed by atoms with van der Waals surface area (Å²) in [6.07, 6.45) is 4.79. The molecule has 16 heavy (non-hydrogen) atoms. The van der Waals surface area contributed by atoms with Gasteiger partial charge < -0.3 is 9.47 Å². The minimum atomic E-state index is -0.318. The van der Waals surface area contributed by atoms with E-state index in [1.54, 1.807) is 13.0 Å². The van der Waals surface area contributed by atoms with E-state index in [9.17, 15) is 4.79 Å². The summed E-state index contributed by atoms with van der Waals surface area (Å²) in [6, 6.07) is 5.56. The number of fused-ring (bicyclic) bond motifs is 1. The second-order valence-corrected chi connectivity index (χ2v) is 3.50. The minimum Gasteiger partial charge on any atom is -0.488 e. The third-order valence-electron chi connectivity index (χ3n) is 2.42. The summed E-state index contributed by atoms with van der Waals surface area (Å²) in [6.45, 7) is 2.67. The highest BCUT2D eigenvalue weighted by atomic mass is 16.5. The highest BCUT2D eigenvalue weighted by Gasteiger charge is 2.17. The lowest BCUT2D eigenvalue weighted by Gasteiger charge is -2.11. The Hall–Kier alpha value is -1.77. The average molecular weight is 218 g/mol. The zero-order chi connectivity index (χ0) is 11.4. The van der Waals surface area contributed by atoms with E-state index in [0.29, 0.717) is 24.5 Å². The zero-order valence-electron chi connectivity index (χ0n) is 9.23. The summed E-state index contributed by atoms with van der Waals surface area (Å²) in [5.41, 5.74) is 1.54. The Morgan fingerprint density at radius 2 is 2.31 bits per heavy atom. The van der Waals surface area contributed by atoms with E-state index in [1.165, 1.54) is 0 Å². The highest BCUT2D eigenvalue weighted by Crippen LogP contribution is 2.27. The predicted molar refractivity (Wildman–Crippen MR) is 60.7 cm³/mol. The molecule has 0 amide bonds. The van der Waals surface area contributed by atoms with Gasteiger partial charge in [-0.1, -0.05) is 24.3 Å². The van der Waals surface area contributed by atoms with E-state index in [2.05, 4.69) is 0 Å². The second kappa shape index (κ2) is 4.84. The minimum absolute atomic E-state index is 0.318. The summed E-state index contributed by atoms with van der Waals surface area (Å²) >= 11 is 0. The Balaban J connectivity index is 2.36. The lowest BCUT2D eigenvalue weighted by molar-refractivity contribution is 0.0522. The summed E-state index contributed by atoms with van der Waals surface area (Å²) in [5.74, 6) is 0.340. The maximum atomic E-state index is 11.7. The number of benzene rings is 1. The van der Waals surface area contributed by atoms with Gasteiger partial charge in [0.2, 0.25) is 0 Å². The molecule has 3 nitrogen and oxygen atoms in total. The molecule has 0 atom stereocenters. The van der Waals surface area contributed by atoms with Gasteiger partial charge in [-0.2, -0.15) is 0 Å². The van der Waals surface area contributed by atoms with Gasteiger partial charge in [0.25, 0.3) is 0 Å². The van der Waals surface area contributed by atoms with E-state index in [0.717, 1.165) is 12.0 Å². The summed E-state index contributed by atoms with van der Waals surface area (Å²) in [7, 11) is 0. The molecule has 1 heterocycles. The third-order valence-corrected chi connectivity index (χ3v) is 2.42. The Kier molecular flexibility index (Phi) is 3.25. The van der Waals surface area contributed by atoms with Crippen molar-refractivity contribution < 1.29 is 14.3 Å². The molecule has 0 bridgehead atoms. The normalized spacial score (nSPS) is 13.6. The lowest BCUT2D eigenvalue weighted by Crippen LogP contribution is -2.08. The van der Waals surface area contributed by atoms with Crippen LogP contribution in [0.5, 0.6) is 5.75 Å². The van der Waals surface area contributed by atoms with Crippen LogP contribution in [-0.2, 0) is 11.2 Å². The Morgan fingerprint density at radius 1 is 1.44 bits per heavy atom. The largest absolute Gasteiger partial charge is 0.488 e. The fourth-order valence-corrected chi connectivity index (χ4v) is 1.70. The van der Waals surface area contributed by atoms with Gasteiger partial charge in [0.05, 0.1) is 6.61 Å². The van der Waals surface area contributed by atoms with E-state index in [1.807, 2.05) is 24.3 Å². The first kappa shape index (κ1) is 10.7. The third kappa shape index (κ3) is 2.08. The standard InChI is InChI=1S/C13H14O3/c1-2-15-13(14)11-8-5-7-10-6-3-4-9-16-12(10)11/h3-5,7-8H,2,6,9H2,1H3.